The van der Waals surface area contributed by atoms with E-state index in [1.54, 1.807) is 11.0 Å². The molecule has 6 heteroatoms. The standard InChI is InChI=1S/C11H16N6/c1-11(3-4-12-6-11)16-9-8-5-15-17(2)10(8)14-7-13-9/h5,7,12H,3-4,6H2,1-2H3,(H,13,14,16). The number of nitrogens with one attached hydrogen (secondary N) is 2. The van der Waals surface area contributed by atoms with Crippen molar-refractivity contribution in [1.82, 2.24) is 25.1 Å². The molecule has 1 aliphatic heterocycles. The third-order valence-electron chi connectivity index (χ3n) is 3.32. The molecule has 3 heterocycles. The summed E-state index contributed by atoms with van der Waals surface area (Å²) in [6.07, 6.45) is 4.49. The maximum absolute atomic E-state index is 4.33. The van der Waals surface area contributed by atoms with Gasteiger partial charge in [0.15, 0.2) is 5.65 Å². The highest BCUT2D eigenvalue weighted by atomic mass is 15.3. The largest absolute Gasteiger partial charge is 0.363 e. The van der Waals surface area contributed by atoms with Crippen molar-refractivity contribution < 1.29 is 0 Å². The van der Waals surface area contributed by atoms with Crippen LogP contribution in [0.1, 0.15) is 13.3 Å². The zero-order valence-electron chi connectivity index (χ0n) is 10.1. The second-order valence-electron chi connectivity index (χ2n) is 4.84. The van der Waals surface area contributed by atoms with E-state index in [0.717, 1.165) is 36.4 Å². The van der Waals surface area contributed by atoms with Crippen molar-refractivity contribution in [2.24, 2.45) is 7.05 Å². The molecule has 1 fully saturated rings. The molecular weight excluding hydrogens is 216 g/mol. The maximum Gasteiger partial charge on any atom is 0.163 e. The molecule has 0 radical (unpaired) electrons. The van der Waals surface area contributed by atoms with Gasteiger partial charge in [0.1, 0.15) is 12.1 Å². The van der Waals surface area contributed by atoms with Crippen LogP contribution in [-0.2, 0) is 7.05 Å². The molecule has 2 aromatic heterocycles. The highest BCUT2D eigenvalue weighted by molar-refractivity contribution is 5.86. The number of anilines is 1. The van der Waals surface area contributed by atoms with Crippen LogP contribution in [0.2, 0.25) is 0 Å². The summed E-state index contributed by atoms with van der Waals surface area (Å²) in [7, 11) is 1.89. The summed E-state index contributed by atoms with van der Waals surface area (Å²) in [5.41, 5.74) is 0.925. The number of fused-ring (bicyclic) bond motifs is 1. The van der Waals surface area contributed by atoms with Gasteiger partial charge in [-0.05, 0) is 19.9 Å². The monoisotopic (exact) mass is 232 g/mol. The minimum Gasteiger partial charge on any atom is -0.363 e. The van der Waals surface area contributed by atoms with Gasteiger partial charge in [-0.25, -0.2) is 9.97 Å². The van der Waals surface area contributed by atoms with Crippen LogP contribution in [-0.4, -0.2) is 38.4 Å². The first-order valence-corrected chi connectivity index (χ1v) is 5.80. The first kappa shape index (κ1) is 10.5. The van der Waals surface area contributed by atoms with Gasteiger partial charge in [0.05, 0.1) is 11.6 Å². The van der Waals surface area contributed by atoms with E-state index in [9.17, 15) is 0 Å². The van der Waals surface area contributed by atoms with Gasteiger partial charge in [-0.15, -0.1) is 0 Å². The lowest BCUT2D eigenvalue weighted by Crippen LogP contribution is -2.37. The Balaban J connectivity index is 2.00. The topological polar surface area (TPSA) is 67.7 Å². The third kappa shape index (κ3) is 1.74. The Morgan fingerprint density at radius 1 is 1.47 bits per heavy atom. The van der Waals surface area contributed by atoms with E-state index in [-0.39, 0.29) is 5.54 Å². The molecule has 0 saturated carbocycles. The predicted molar refractivity (Wildman–Crippen MR) is 65.8 cm³/mol. The minimum absolute atomic E-state index is 0.0666. The van der Waals surface area contributed by atoms with Crippen LogP contribution in [0.25, 0.3) is 11.0 Å². The Hall–Kier alpha value is -1.69. The molecule has 0 aliphatic carbocycles. The number of hydrogen-bond acceptors (Lipinski definition) is 5. The smallest absolute Gasteiger partial charge is 0.163 e. The van der Waals surface area contributed by atoms with Crippen molar-refractivity contribution >= 4 is 16.9 Å². The third-order valence-corrected chi connectivity index (χ3v) is 3.32. The van der Waals surface area contributed by atoms with Crippen LogP contribution in [0, 0.1) is 0 Å². The predicted octanol–water partition coefficient (Wildman–Crippen LogP) is 0.527. The van der Waals surface area contributed by atoms with E-state index in [0.29, 0.717) is 0 Å². The van der Waals surface area contributed by atoms with Crippen molar-refractivity contribution in [3.63, 3.8) is 0 Å². The Morgan fingerprint density at radius 3 is 3.12 bits per heavy atom. The molecule has 0 amide bonds. The molecule has 1 unspecified atom stereocenters. The van der Waals surface area contributed by atoms with Gasteiger partial charge in [-0.1, -0.05) is 0 Å². The average molecular weight is 232 g/mol. The first-order valence-electron chi connectivity index (χ1n) is 5.80. The number of aromatic nitrogens is 4. The van der Waals surface area contributed by atoms with Gasteiger partial charge < -0.3 is 10.6 Å². The normalized spacial score (nSPS) is 24.4. The second-order valence-corrected chi connectivity index (χ2v) is 4.84. The summed E-state index contributed by atoms with van der Waals surface area (Å²) >= 11 is 0. The van der Waals surface area contributed by atoms with Crippen molar-refractivity contribution in [1.29, 1.82) is 0 Å². The lowest BCUT2D eigenvalue weighted by molar-refractivity contribution is 0.565. The summed E-state index contributed by atoms with van der Waals surface area (Å²) in [6.45, 7) is 4.21. The zero-order valence-corrected chi connectivity index (χ0v) is 10.1. The SMILES string of the molecule is Cn1ncc2c(NC3(C)CCNC3)ncnc21. The van der Waals surface area contributed by atoms with Crippen molar-refractivity contribution in [3.8, 4) is 0 Å². The zero-order chi connectivity index (χ0) is 11.9. The molecule has 1 aliphatic rings. The summed E-state index contributed by atoms with van der Waals surface area (Å²) < 4.78 is 1.76. The Labute approximate surface area is 99.4 Å². The molecule has 0 bridgehead atoms. The van der Waals surface area contributed by atoms with Crippen molar-refractivity contribution in [2.75, 3.05) is 18.4 Å². The first-order chi connectivity index (χ1) is 8.18. The summed E-state index contributed by atoms with van der Waals surface area (Å²) in [5, 5.41) is 12.1. The molecule has 6 nitrogen and oxygen atoms in total. The van der Waals surface area contributed by atoms with Gasteiger partial charge in [0.2, 0.25) is 0 Å². The minimum atomic E-state index is 0.0666. The Morgan fingerprint density at radius 2 is 2.35 bits per heavy atom. The molecule has 1 saturated heterocycles. The van der Waals surface area contributed by atoms with Gasteiger partial charge in [0.25, 0.3) is 0 Å². The maximum atomic E-state index is 4.33. The molecule has 2 N–H and O–H groups in total. The molecule has 17 heavy (non-hydrogen) atoms. The fourth-order valence-electron chi connectivity index (χ4n) is 2.27. The highest BCUT2D eigenvalue weighted by Gasteiger charge is 2.29. The van der Waals surface area contributed by atoms with E-state index in [2.05, 4.69) is 32.6 Å². The van der Waals surface area contributed by atoms with Crippen LogP contribution in [0.3, 0.4) is 0 Å². The van der Waals surface area contributed by atoms with Gasteiger partial charge in [0, 0.05) is 19.1 Å². The molecule has 3 rings (SSSR count). The van der Waals surface area contributed by atoms with Crippen LogP contribution < -0.4 is 10.6 Å². The highest BCUT2D eigenvalue weighted by Crippen LogP contribution is 2.24. The van der Waals surface area contributed by atoms with Crippen LogP contribution >= 0.6 is 0 Å². The Kier molecular flexibility index (Phi) is 2.25. The molecule has 0 spiro atoms. The molecule has 1 atom stereocenters. The molecule has 2 aromatic rings. The van der Waals surface area contributed by atoms with Gasteiger partial charge in [-0.2, -0.15) is 5.10 Å². The van der Waals surface area contributed by atoms with Gasteiger partial charge >= 0.3 is 0 Å². The van der Waals surface area contributed by atoms with Crippen molar-refractivity contribution in [3.05, 3.63) is 12.5 Å². The summed E-state index contributed by atoms with van der Waals surface area (Å²) in [5.74, 6) is 0.870. The quantitative estimate of drug-likeness (QED) is 0.790. The van der Waals surface area contributed by atoms with E-state index >= 15 is 0 Å². The van der Waals surface area contributed by atoms with E-state index in [1.807, 2.05) is 13.2 Å². The fraction of sp³-hybridized carbons (Fsp3) is 0.545. The Bertz CT molecular complexity index is 540. The lowest BCUT2D eigenvalue weighted by Gasteiger charge is -2.25. The van der Waals surface area contributed by atoms with Gasteiger partial charge in [-0.3, -0.25) is 4.68 Å². The molecule has 90 valence electrons. The fourth-order valence-corrected chi connectivity index (χ4v) is 2.27. The van der Waals surface area contributed by atoms with E-state index < -0.39 is 0 Å². The lowest BCUT2D eigenvalue weighted by atomic mass is 10.0. The number of aryl methyl sites for hydroxylation is 1. The number of nitrogens with zero attached hydrogens (tertiary/aromatic N) is 4. The average Bonchev–Trinajstić information content (AvgIpc) is 2.88. The van der Waals surface area contributed by atoms with Crippen LogP contribution in [0.4, 0.5) is 5.82 Å². The van der Waals surface area contributed by atoms with Crippen molar-refractivity contribution in [2.45, 2.75) is 18.9 Å². The van der Waals surface area contributed by atoms with Crippen LogP contribution in [0.15, 0.2) is 12.5 Å². The number of hydrogen-bond donors (Lipinski definition) is 2. The second kappa shape index (κ2) is 3.66. The number of rotatable bonds is 2. The van der Waals surface area contributed by atoms with E-state index in [4.69, 9.17) is 0 Å². The van der Waals surface area contributed by atoms with E-state index in [1.165, 1.54) is 0 Å². The van der Waals surface area contributed by atoms with Crippen LogP contribution in [0.5, 0.6) is 0 Å². The molecule has 0 aromatic carbocycles. The molecular formula is C11H16N6. The summed E-state index contributed by atoms with van der Waals surface area (Å²) in [4.78, 5) is 8.56. The summed E-state index contributed by atoms with van der Waals surface area (Å²) in [6, 6.07) is 0.